The van der Waals surface area contributed by atoms with Gasteiger partial charge in [0.1, 0.15) is 11.5 Å². The summed E-state index contributed by atoms with van der Waals surface area (Å²) in [5.74, 6) is 1.31. The first kappa shape index (κ1) is 19.1. The first-order chi connectivity index (χ1) is 11.9. The van der Waals surface area contributed by atoms with Crippen LogP contribution in [0.4, 0.5) is 0 Å². The number of benzene rings is 2. The highest BCUT2D eigenvalue weighted by molar-refractivity contribution is 6.31. The molecule has 0 saturated heterocycles. The standard InChI is InChI=1S/C20H24ClNO3/c1-5-18(15-6-9-19(24-4)14(3)10-15)22-20(23)12-25-16-7-8-17(21)13(2)11-16/h6-11,18H,5,12H2,1-4H3,(H,22,23)/t18-/m1/s1. The summed E-state index contributed by atoms with van der Waals surface area (Å²) in [5, 5.41) is 3.69. The van der Waals surface area contributed by atoms with E-state index in [9.17, 15) is 4.79 Å². The van der Waals surface area contributed by atoms with Gasteiger partial charge in [-0.25, -0.2) is 0 Å². The molecule has 1 amide bonds. The Labute approximate surface area is 154 Å². The van der Waals surface area contributed by atoms with E-state index in [1.165, 1.54) is 0 Å². The normalized spacial score (nSPS) is 11.7. The van der Waals surface area contributed by atoms with Gasteiger partial charge in [0, 0.05) is 5.02 Å². The van der Waals surface area contributed by atoms with E-state index in [-0.39, 0.29) is 18.6 Å². The van der Waals surface area contributed by atoms with Crippen molar-refractivity contribution < 1.29 is 14.3 Å². The number of carbonyl (C=O) groups excluding carboxylic acids is 1. The zero-order chi connectivity index (χ0) is 18.4. The molecular weight excluding hydrogens is 338 g/mol. The number of nitrogens with one attached hydrogen (secondary N) is 1. The van der Waals surface area contributed by atoms with Crippen LogP contribution >= 0.6 is 11.6 Å². The van der Waals surface area contributed by atoms with Crippen molar-refractivity contribution in [2.24, 2.45) is 0 Å². The predicted molar refractivity (Wildman–Crippen MR) is 101 cm³/mol. The summed E-state index contributed by atoms with van der Waals surface area (Å²) < 4.78 is 10.8. The maximum absolute atomic E-state index is 12.2. The highest BCUT2D eigenvalue weighted by Crippen LogP contribution is 2.24. The first-order valence-corrected chi connectivity index (χ1v) is 8.65. The van der Waals surface area contributed by atoms with Gasteiger partial charge in [0.2, 0.25) is 0 Å². The summed E-state index contributed by atoms with van der Waals surface area (Å²) in [6.07, 6.45) is 0.789. The molecule has 0 aliphatic carbocycles. The van der Waals surface area contributed by atoms with Crippen LogP contribution in [0.15, 0.2) is 36.4 Å². The zero-order valence-electron chi connectivity index (χ0n) is 15.1. The van der Waals surface area contributed by atoms with E-state index in [1.807, 2.05) is 45.0 Å². The average molecular weight is 362 g/mol. The van der Waals surface area contributed by atoms with Crippen LogP contribution in [0, 0.1) is 13.8 Å². The number of hydrogen-bond donors (Lipinski definition) is 1. The van der Waals surface area contributed by atoms with Crippen molar-refractivity contribution in [3.05, 3.63) is 58.1 Å². The van der Waals surface area contributed by atoms with Crippen molar-refractivity contribution in [2.75, 3.05) is 13.7 Å². The number of hydrogen-bond acceptors (Lipinski definition) is 3. The Morgan fingerprint density at radius 3 is 2.52 bits per heavy atom. The fraction of sp³-hybridized carbons (Fsp3) is 0.350. The summed E-state index contributed by atoms with van der Waals surface area (Å²) >= 11 is 5.99. The van der Waals surface area contributed by atoms with Crippen LogP contribution in [0.5, 0.6) is 11.5 Å². The molecule has 2 aromatic carbocycles. The number of aryl methyl sites for hydroxylation is 2. The molecule has 0 aliphatic rings. The van der Waals surface area contributed by atoms with E-state index in [2.05, 4.69) is 5.32 Å². The monoisotopic (exact) mass is 361 g/mol. The fourth-order valence-electron chi connectivity index (χ4n) is 2.63. The third-order valence-corrected chi connectivity index (χ3v) is 4.49. The van der Waals surface area contributed by atoms with E-state index in [0.29, 0.717) is 10.8 Å². The lowest BCUT2D eigenvalue weighted by Crippen LogP contribution is -2.32. The largest absolute Gasteiger partial charge is 0.496 e. The lowest BCUT2D eigenvalue weighted by Gasteiger charge is -2.19. The molecule has 0 fully saturated rings. The number of methoxy groups -OCH3 is 1. The molecular formula is C20H24ClNO3. The second kappa shape index (κ2) is 8.77. The molecule has 0 aliphatic heterocycles. The summed E-state index contributed by atoms with van der Waals surface area (Å²) in [5.41, 5.74) is 3.01. The van der Waals surface area contributed by atoms with Crippen LogP contribution in [-0.2, 0) is 4.79 Å². The summed E-state index contributed by atoms with van der Waals surface area (Å²) in [6, 6.07) is 11.2. The molecule has 4 nitrogen and oxygen atoms in total. The highest BCUT2D eigenvalue weighted by Gasteiger charge is 2.14. The van der Waals surface area contributed by atoms with Gasteiger partial charge in [0.15, 0.2) is 6.61 Å². The third kappa shape index (κ3) is 5.13. The van der Waals surface area contributed by atoms with E-state index in [4.69, 9.17) is 21.1 Å². The minimum absolute atomic E-state index is 0.0350. The Morgan fingerprint density at radius 1 is 1.16 bits per heavy atom. The molecule has 0 radical (unpaired) electrons. The summed E-state index contributed by atoms with van der Waals surface area (Å²) in [6.45, 7) is 5.89. The highest BCUT2D eigenvalue weighted by atomic mass is 35.5. The molecule has 0 unspecified atom stereocenters. The maximum atomic E-state index is 12.2. The fourth-order valence-corrected chi connectivity index (χ4v) is 2.75. The Hall–Kier alpha value is -2.20. The topological polar surface area (TPSA) is 47.6 Å². The minimum Gasteiger partial charge on any atom is -0.496 e. The van der Waals surface area contributed by atoms with Crippen LogP contribution in [0.25, 0.3) is 0 Å². The Balaban J connectivity index is 1.97. The number of rotatable bonds is 7. The van der Waals surface area contributed by atoms with Crippen LogP contribution in [0.1, 0.15) is 36.1 Å². The number of halogens is 1. The SMILES string of the molecule is CC[C@@H](NC(=O)COc1ccc(Cl)c(C)c1)c1ccc(OC)c(C)c1. The molecule has 0 saturated carbocycles. The summed E-state index contributed by atoms with van der Waals surface area (Å²) in [7, 11) is 1.65. The van der Waals surface area contributed by atoms with E-state index >= 15 is 0 Å². The van der Waals surface area contributed by atoms with Crippen molar-refractivity contribution in [3.8, 4) is 11.5 Å². The Bertz CT molecular complexity index is 746. The molecule has 25 heavy (non-hydrogen) atoms. The van der Waals surface area contributed by atoms with Gasteiger partial charge < -0.3 is 14.8 Å². The zero-order valence-corrected chi connectivity index (χ0v) is 15.8. The van der Waals surface area contributed by atoms with E-state index < -0.39 is 0 Å². The number of carbonyl (C=O) groups is 1. The van der Waals surface area contributed by atoms with E-state index in [0.717, 1.165) is 28.9 Å². The molecule has 0 spiro atoms. The minimum atomic E-state index is -0.159. The van der Waals surface area contributed by atoms with Gasteiger partial charge in [-0.05, 0) is 61.2 Å². The third-order valence-electron chi connectivity index (χ3n) is 4.06. The number of amides is 1. The van der Waals surface area contributed by atoms with Gasteiger partial charge >= 0.3 is 0 Å². The van der Waals surface area contributed by atoms with Gasteiger partial charge in [-0.15, -0.1) is 0 Å². The smallest absolute Gasteiger partial charge is 0.258 e. The Kier molecular flexibility index (Phi) is 6.71. The molecule has 5 heteroatoms. The average Bonchev–Trinajstić information content (AvgIpc) is 2.60. The Morgan fingerprint density at radius 2 is 1.92 bits per heavy atom. The lowest BCUT2D eigenvalue weighted by molar-refractivity contribution is -0.123. The second-order valence-corrected chi connectivity index (χ2v) is 6.36. The van der Waals surface area contributed by atoms with Crippen molar-refractivity contribution >= 4 is 17.5 Å². The van der Waals surface area contributed by atoms with Crippen molar-refractivity contribution in [2.45, 2.75) is 33.2 Å². The van der Waals surface area contributed by atoms with Gasteiger partial charge in [-0.3, -0.25) is 4.79 Å². The van der Waals surface area contributed by atoms with E-state index in [1.54, 1.807) is 19.2 Å². The van der Waals surface area contributed by atoms with Gasteiger partial charge in [0.05, 0.1) is 13.2 Å². The molecule has 2 rings (SSSR count). The molecule has 0 aromatic heterocycles. The van der Waals surface area contributed by atoms with Gasteiger partial charge in [0.25, 0.3) is 5.91 Å². The van der Waals surface area contributed by atoms with Crippen LogP contribution in [0.2, 0.25) is 5.02 Å². The number of ether oxygens (including phenoxy) is 2. The summed E-state index contributed by atoms with van der Waals surface area (Å²) in [4.78, 5) is 12.2. The second-order valence-electron chi connectivity index (χ2n) is 5.96. The molecule has 1 N–H and O–H groups in total. The molecule has 2 aromatic rings. The molecule has 0 bridgehead atoms. The van der Waals surface area contributed by atoms with Crippen molar-refractivity contribution in [1.82, 2.24) is 5.32 Å². The maximum Gasteiger partial charge on any atom is 0.258 e. The van der Waals surface area contributed by atoms with Crippen LogP contribution < -0.4 is 14.8 Å². The van der Waals surface area contributed by atoms with Crippen LogP contribution in [0.3, 0.4) is 0 Å². The van der Waals surface area contributed by atoms with Crippen LogP contribution in [-0.4, -0.2) is 19.6 Å². The molecule has 0 heterocycles. The predicted octanol–water partition coefficient (Wildman–Crippen LogP) is 4.61. The molecule has 1 atom stereocenters. The van der Waals surface area contributed by atoms with Crippen molar-refractivity contribution in [3.63, 3.8) is 0 Å². The lowest BCUT2D eigenvalue weighted by atomic mass is 10.0. The quantitative estimate of drug-likeness (QED) is 0.783. The van der Waals surface area contributed by atoms with Crippen molar-refractivity contribution in [1.29, 1.82) is 0 Å². The first-order valence-electron chi connectivity index (χ1n) is 8.27. The molecule has 134 valence electrons. The van der Waals surface area contributed by atoms with Gasteiger partial charge in [-0.2, -0.15) is 0 Å². The van der Waals surface area contributed by atoms with Gasteiger partial charge in [-0.1, -0.05) is 30.7 Å².